The van der Waals surface area contributed by atoms with Crippen LogP contribution in [0.2, 0.25) is 0 Å². The summed E-state index contributed by atoms with van der Waals surface area (Å²) in [5, 5.41) is 9.20. The molecule has 2 atom stereocenters. The molecular weight excluding hydrogens is 236 g/mol. The van der Waals surface area contributed by atoms with Crippen LogP contribution in [0.25, 0.3) is 0 Å². The number of amides is 1. The van der Waals surface area contributed by atoms with Crippen molar-refractivity contribution >= 4 is 5.91 Å². The van der Waals surface area contributed by atoms with Crippen LogP contribution in [0.15, 0.2) is 30.3 Å². The van der Waals surface area contributed by atoms with Gasteiger partial charge in [0.1, 0.15) is 5.41 Å². The topological polar surface area (TPSA) is 44.1 Å². The van der Waals surface area contributed by atoms with Crippen LogP contribution in [0, 0.1) is 16.7 Å². The third-order valence-corrected chi connectivity index (χ3v) is 4.17. The van der Waals surface area contributed by atoms with Crippen LogP contribution < -0.4 is 0 Å². The largest absolute Gasteiger partial charge is 0.341 e. The molecule has 19 heavy (non-hydrogen) atoms. The minimum Gasteiger partial charge on any atom is -0.341 e. The lowest BCUT2D eigenvalue weighted by atomic mass is 9.88. The summed E-state index contributed by atoms with van der Waals surface area (Å²) in [4.78, 5) is 14.3. The average molecular weight is 256 g/mol. The van der Waals surface area contributed by atoms with Gasteiger partial charge in [0.25, 0.3) is 0 Å². The Kier molecular flexibility index (Phi) is 3.90. The molecule has 0 aliphatic carbocycles. The van der Waals surface area contributed by atoms with Crippen molar-refractivity contribution < 1.29 is 4.79 Å². The quantitative estimate of drug-likeness (QED) is 0.834. The molecule has 0 saturated carbocycles. The first-order chi connectivity index (χ1) is 9.10. The predicted molar refractivity (Wildman–Crippen MR) is 74.4 cm³/mol. The van der Waals surface area contributed by atoms with Gasteiger partial charge in [-0.05, 0) is 25.3 Å². The van der Waals surface area contributed by atoms with Crippen LogP contribution in [0.1, 0.15) is 38.2 Å². The highest BCUT2D eigenvalue weighted by molar-refractivity contribution is 5.85. The molecule has 0 spiro atoms. The summed E-state index contributed by atoms with van der Waals surface area (Å²) < 4.78 is 0. The van der Waals surface area contributed by atoms with Crippen molar-refractivity contribution in [2.45, 2.75) is 32.6 Å². The molecule has 1 aromatic rings. The molecule has 0 radical (unpaired) electrons. The molecule has 2 rings (SSSR count). The SMILES string of the molecule is CCC(C)(C#N)C(=O)N1CCC(c2ccccc2)C1. The van der Waals surface area contributed by atoms with E-state index in [1.165, 1.54) is 5.56 Å². The van der Waals surface area contributed by atoms with Gasteiger partial charge in [0.05, 0.1) is 6.07 Å². The van der Waals surface area contributed by atoms with Crippen LogP contribution >= 0.6 is 0 Å². The zero-order valence-corrected chi connectivity index (χ0v) is 11.6. The first-order valence-corrected chi connectivity index (χ1v) is 6.86. The highest BCUT2D eigenvalue weighted by atomic mass is 16.2. The highest BCUT2D eigenvalue weighted by Crippen LogP contribution is 2.31. The van der Waals surface area contributed by atoms with Crippen molar-refractivity contribution in [3.05, 3.63) is 35.9 Å². The van der Waals surface area contributed by atoms with E-state index in [0.29, 0.717) is 12.3 Å². The highest BCUT2D eigenvalue weighted by Gasteiger charge is 2.38. The number of nitrogens with zero attached hydrogens (tertiary/aromatic N) is 2. The molecule has 1 amide bonds. The third kappa shape index (κ3) is 2.63. The number of carbonyl (C=O) groups is 1. The molecule has 3 heteroatoms. The van der Waals surface area contributed by atoms with Crippen LogP contribution in [0.3, 0.4) is 0 Å². The Bertz CT molecular complexity index is 491. The molecule has 1 saturated heterocycles. The Hall–Kier alpha value is -1.82. The molecule has 100 valence electrons. The minimum absolute atomic E-state index is 0.0177. The Morgan fingerprint density at radius 1 is 1.47 bits per heavy atom. The predicted octanol–water partition coefficient (Wildman–Crippen LogP) is 2.94. The fourth-order valence-corrected chi connectivity index (χ4v) is 2.57. The third-order valence-electron chi connectivity index (χ3n) is 4.17. The van der Waals surface area contributed by atoms with Crippen LogP contribution in [0.5, 0.6) is 0 Å². The summed E-state index contributed by atoms with van der Waals surface area (Å²) in [5.74, 6) is 0.390. The van der Waals surface area contributed by atoms with Crippen LogP contribution in [-0.2, 0) is 4.79 Å². The zero-order valence-electron chi connectivity index (χ0n) is 11.6. The Labute approximate surface area is 114 Å². The van der Waals surface area contributed by atoms with Gasteiger partial charge in [0, 0.05) is 19.0 Å². The van der Waals surface area contributed by atoms with Crippen molar-refractivity contribution in [3.63, 3.8) is 0 Å². The summed E-state index contributed by atoms with van der Waals surface area (Å²) in [6.45, 7) is 5.13. The smallest absolute Gasteiger partial charge is 0.242 e. The Morgan fingerprint density at radius 3 is 2.74 bits per heavy atom. The van der Waals surface area contributed by atoms with Gasteiger partial charge in [-0.2, -0.15) is 5.26 Å². The lowest BCUT2D eigenvalue weighted by molar-refractivity contribution is -0.137. The molecule has 1 fully saturated rings. The van der Waals surface area contributed by atoms with Gasteiger partial charge in [-0.1, -0.05) is 37.3 Å². The van der Waals surface area contributed by atoms with Gasteiger partial charge in [0.15, 0.2) is 0 Å². The molecule has 0 N–H and O–H groups in total. The molecule has 3 nitrogen and oxygen atoms in total. The van der Waals surface area contributed by atoms with Gasteiger partial charge in [-0.3, -0.25) is 4.79 Å². The molecule has 2 unspecified atom stereocenters. The van der Waals surface area contributed by atoms with Crippen molar-refractivity contribution in [3.8, 4) is 6.07 Å². The van der Waals surface area contributed by atoms with Crippen molar-refractivity contribution in [1.82, 2.24) is 4.90 Å². The van der Waals surface area contributed by atoms with Gasteiger partial charge >= 0.3 is 0 Å². The average Bonchev–Trinajstić information content (AvgIpc) is 2.96. The van der Waals surface area contributed by atoms with E-state index < -0.39 is 5.41 Å². The van der Waals surface area contributed by atoms with E-state index in [2.05, 4.69) is 18.2 Å². The number of hydrogen-bond donors (Lipinski definition) is 0. The van der Waals surface area contributed by atoms with Crippen molar-refractivity contribution in [1.29, 1.82) is 5.26 Å². The second-order valence-corrected chi connectivity index (χ2v) is 5.44. The maximum absolute atomic E-state index is 12.4. The normalized spacial score (nSPS) is 21.7. The van der Waals surface area contributed by atoms with E-state index in [9.17, 15) is 10.1 Å². The number of hydrogen-bond acceptors (Lipinski definition) is 2. The van der Waals surface area contributed by atoms with Crippen molar-refractivity contribution in [2.75, 3.05) is 13.1 Å². The number of likely N-dealkylation sites (tertiary alicyclic amines) is 1. The number of carbonyl (C=O) groups excluding carboxylic acids is 1. The number of nitriles is 1. The summed E-state index contributed by atoms with van der Waals surface area (Å²) in [6, 6.07) is 12.5. The standard InChI is InChI=1S/C16H20N2O/c1-3-16(2,12-17)15(19)18-10-9-14(11-18)13-7-5-4-6-8-13/h4-8,14H,3,9-11H2,1-2H3. The first-order valence-electron chi connectivity index (χ1n) is 6.86. The minimum atomic E-state index is -0.869. The van der Waals surface area contributed by atoms with E-state index in [0.717, 1.165) is 19.5 Å². The maximum atomic E-state index is 12.4. The summed E-state index contributed by atoms with van der Waals surface area (Å²) in [7, 11) is 0. The van der Waals surface area contributed by atoms with Crippen LogP contribution in [-0.4, -0.2) is 23.9 Å². The van der Waals surface area contributed by atoms with Gasteiger partial charge < -0.3 is 4.90 Å². The molecular formula is C16H20N2O. The number of benzene rings is 1. The second-order valence-electron chi connectivity index (χ2n) is 5.44. The van der Waals surface area contributed by atoms with E-state index in [-0.39, 0.29) is 5.91 Å². The second kappa shape index (κ2) is 5.44. The summed E-state index contributed by atoms with van der Waals surface area (Å²) in [6.07, 6.45) is 1.55. The van der Waals surface area contributed by atoms with E-state index in [4.69, 9.17) is 0 Å². The zero-order chi connectivity index (χ0) is 13.9. The van der Waals surface area contributed by atoms with Gasteiger partial charge in [0.2, 0.25) is 5.91 Å². The summed E-state index contributed by atoms with van der Waals surface area (Å²) in [5.41, 5.74) is 0.416. The van der Waals surface area contributed by atoms with Crippen LogP contribution in [0.4, 0.5) is 0 Å². The first kappa shape index (κ1) is 13.6. The molecule has 0 aromatic heterocycles. The molecule has 1 heterocycles. The summed E-state index contributed by atoms with van der Waals surface area (Å²) >= 11 is 0. The molecule has 1 aromatic carbocycles. The fraction of sp³-hybridized carbons (Fsp3) is 0.500. The van der Waals surface area contributed by atoms with Crippen molar-refractivity contribution in [2.24, 2.45) is 5.41 Å². The molecule has 0 bridgehead atoms. The number of rotatable bonds is 3. The van der Waals surface area contributed by atoms with Gasteiger partial charge in [-0.15, -0.1) is 0 Å². The van der Waals surface area contributed by atoms with Gasteiger partial charge in [-0.25, -0.2) is 0 Å². The Morgan fingerprint density at radius 2 is 2.16 bits per heavy atom. The lowest BCUT2D eigenvalue weighted by Gasteiger charge is -2.26. The molecule has 1 aliphatic heterocycles. The molecule has 1 aliphatic rings. The van der Waals surface area contributed by atoms with E-state index in [1.54, 1.807) is 6.92 Å². The van der Waals surface area contributed by atoms with E-state index in [1.807, 2.05) is 30.0 Å². The Balaban J connectivity index is 2.07. The monoisotopic (exact) mass is 256 g/mol. The fourth-order valence-electron chi connectivity index (χ4n) is 2.57. The maximum Gasteiger partial charge on any atom is 0.242 e. The van der Waals surface area contributed by atoms with E-state index >= 15 is 0 Å². The lowest BCUT2D eigenvalue weighted by Crippen LogP contribution is -2.40.